The Labute approximate surface area is 375 Å². The molecule has 0 fully saturated rings. The Bertz CT molecular complexity index is 3850. The Morgan fingerprint density at radius 1 is 0.328 bits per heavy atom. The van der Waals surface area contributed by atoms with Crippen molar-refractivity contribution in [2.45, 2.75) is 19.3 Å². The third-order valence-corrected chi connectivity index (χ3v) is 14.7. The second kappa shape index (κ2) is 14.1. The van der Waals surface area contributed by atoms with E-state index in [4.69, 9.17) is 15.0 Å². The number of hydrogen-bond donors (Lipinski definition) is 0. The van der Waals surface area contributed by atoms with Crippen LogP contribution >= 0.6 is 11.3 Å². The maximum absolute atomic E-state index is 5.32. The highest BCUT2D eigenvalue weighted by Gasteiger charge is 2.37. The van der Waals surface area contributed by atoms with Gasteiger partial charge in [-0.05, 0) is 107 Å². The minimum atomic E-state index is -0.137. The van der Waals surface area contributed by atoms with E-state index in [2.05, 4.69) is 196 Å². The molecule has 1 aliphatic rings. The molecule has 0 saturated heterocycles. The highest BCUT2D eigenvalue weighted by molar-refractivity contribution is 7.26. The van der Waals surface area contributed by atoms with E-state index < -0.39 is 0 Å². The summed E-state index contributed by atoms with van der Waals surface area (Å²) in [6, 6.07) is 72.6. The zero-order valence-corrected chi connectivity index (χ0v) is 36.1. The molecule has 0 spiro atoms. The van der Waals surface area contributed by atoms with Crippen LogP contribution in [0.1, 0.15) is 25.0 Å². The first-order chi connectivity index (χ1) is 31.5. The number of nitrogens with zero attached hydrogens (tertiary/aromatic N) is 3. The first-order valence-electron chi connectivity index (χ1n) is 21.9. The van der Waals surface area contributed by atoms with Crippen LogP contribution in [-0.2, 0) is 5.41 Å². The predicted molar refractivity (Wildman–Crippen MR) is 270 cm³/mol. The molecule has 2 heterocycles. The lowest BCUT2D eigenvalue weighted by atomic mass is 9.82. The molecule has 4 heteroatoms. The minimum absolute atomic E-state index is 0.137. The molecule has 64 heavy (non-hydrogen) atoms. The standard InChI is InChI=1S/C60H39N3S/c1-60(2)51-26-11-10-23-47(51)55-48(25-13-27-52(55)60)59-62-57(36-15-4-3-5-16-36)61-58(63-59)40-18-12-17-39(33-40)41-24-14-28-54-56(41)50-35-38(30-32-53(50)64-54)37-29-31-46-44-21-7-6-19-42(44)43-20-8-9-22-45(43)49(46)34-37/h3-35H,1-2H3. The van der Waals surface area contributed by atoms with Gasteiger partial charge in [0.05, 0.1) is 0 Å². The van der Waals surface area contributed by atoms with E-state index in [1.165, 1.54) is 91.4 Å². The van der Waals surface area contributed by atoms with Crippen molar-refractivity contribution >= 4 is 63.8 Å². The molecule has 0 bridgehead atoms. The molecule has 12 aromatic rings. The van der Waals surface area contributed by atoms with Gasteiger partial charge in [-0.2, -0.15) is 0 Å². The van der Waals surface area contributed by atoms with Gasteiger partial charge in [0.15, 0.2) is 17.5 Å². The molecule has 3 nitrogen and oxygen atoms in total. The molecule has 1 aliphatic carbocycles. The zero-order valence-electron chi connectivity index (χ0n) is 35.3. The molecule has 2 aromatic heterocycles. The number of hydrogen-bond acceptors (Lipinski definition) is 4. The normalized spacial score (nSPS) is 13.0. The quantitative estimate of drug-likeness (QED) is 0.162. The summed E-state index contributed by atoms with van der Waals surface area (Å²) in [7, 11) is 0. The van der Waals surface area contributed by atoms with E-state index in [-0.39, 0.29) is 5.41 Å². The Balaban J connectivity index is 0.957. The average molecular weight is 834 g/mol. The lowest BCUT2D eigenvalue weighted by Gasteiger charge is -2.21. The van der Waals surface area contributed by atoms with Gasteiger partial charge in [0.25, 0.3) is 0 Å². The molecule has 300 valence electrons. The fraction of sp³-hybridized carbons (Fsp3) is 0.0500. The molecule has 13 rings (SSSR count). The van der Waals surface area contributed by atoms with E-state index in [0.29, 0.717) is 17.5 Å². The van der Waals surface area contributed by atoms with Gasteiger partial charge >= 0.3 is 0 Å². The summed E-state index contributed by atoms with van der Waals surface area (Å²) in [6.45, 7) is 4.62. The van der Waals surface area contributed by atoms with Crippen LogP contribution in [-0.4, -0.2) is 15.0 Å². The van der Waals surface area contributed by atoms with Crippen molar-refractivity contribution in [3.8, 4) is 67.5 Å². The van der Waals surface area contributed by atoms with Gasteiger partial charge in [-0.15, -0.1) is 11.3 Å². The topological polar surface area (TPSA) is 38.7 Å². The molecule has 10 aromatic carbocycles. The van der Waals surface area contributed by atoms with Crippen LogP contribution in [0.4, 0.5) is 0 Å². The summed E-state index contributed by atoms with van der Waals surface area (Å²) in [6.07, 6.45) is 0. The van der Waals surface area contributed by atoms with Crippen molar-refractivity contribution in [3.63, 3.8) is 0 Å². The Morgan fingerprint density at radius 3 is 1.64 bits per heavy atom. The van der Waals surface area contributed by atoms with E-state index in [0.717, 1.165) is 22.3 Å². The van der Waals surface area contributed by atoms with Crippen LogP contribution < -0.4 is 0 Å². The highest BCUT2D eigenvalue weighted by Crippen LogP contribution is 2.52. The van der Waals surface area contributed by atoms with Crippen molar-refractivity contribution in [1.82, 2.24) is 15.0 Å². The summed E-state index contributed by atoms with van der Waals surface area (Å²) < 4.78 is 2.54. The second-order valence-corrected chi connectivity index (χ2v) is 18.6. The SMILES string of the molecule is CC1(C)c2ccccc2-c2c(-c3nc(-c4ccccc4)nc(-c4cccc(-c5cccc6sc7ccc(-c8ccc9c%10ccccc%10c%10ccccc%10c9c8)cc7c56)c4)n3)cccc21. The zero-order chi connectivity index (χ0) is 42.5. The van der Waals surface area contributed by atoms with Crippen LogP contribution in [0.3, 0.4) is 0 Å². The number of rotatable bonds is 5. The van der Waals surface area contributed by atoms with Crippen molar-refractivity contribution in [2.75, 3.05) is 0 Å². The summed E-state index contributed by atoms with van der Waals surface area (Å²) in [5, 5.41) is 10.2. The first kappa shape index (κ1) is 36.8. The van der Waals surface area contributed by atoms with Crippen molar-refractivity contribution < 1.29 is 0 Å². The molecule has 0 saturated carbocycles. The van der Waals surface area contributed by atoms with E-state index in [1.807, 2.05) is 29.5 Å². The third-order valence-electron chi connectivity index (χ3n) is 13.5. The summed E-state index contributed by atoms with van der Waals surface area (Å²) >= 11 is 1.85. The largest absolute Gasteiger partial charge is 0.208 e. The average Bonchev–Trinajstić information content (AvgIpc) is 3.85. The lowest BCUT2D eigenvalue weighted by molar-refractivity contribution is 0.660. The Kier molecular flexibility index (Phi) is 8.12. The first-order valence-corrected chi connectivity index (χ1v) is 22.7. The summed E-state index contributed by atoms with van der Waals surface area (Å²) in [4.78, 5) is 15.7. The molecule has 0 radical (unpaired) electrons. The predicted octanol–water partition coefficient (Wildman–Crippen LogP) is 16.3. The van der Waals surface area contributed by atoms with E-state index >= 15 is 0 Å². The van der Waals surface area contributed by atoms with Crippen molar-refractivity contribution in [3.05, 3.63) is 211 Å². The van der Waals surface area contributed by atoms with Crippen molar-refractivity contribution in [1.29, 1.82) is 0 Å². The van der Waals surface area contributed by atoms with Gasteiger partial charge in [-0.3, -0.25) is 0 Å². The Morgan fingerprint density at radius 2 is 0.859 bits per heavy atom. The van der Waals surface area contributed by atoms with Gasteiger partial charge in [-0.25, -0.2) is 15.0 Å². The van der Waals surface area contributed by atoms with Crippen LogP contribution in [0.25, 0.3) is 120 Å². The van der Waals surface area contributed by atoms with Gasteiger partial charge in [0, 0.05) is 42.3 Å². The van der Waals surface area contributed by atoms with Crippen molar-refractivity contribution in [2.24, 2.45) is 0 Å². The molecular weight excluding hydrogens is 795 g/mol. The summed E-state index contributed by atoms with van der Waals surface area (Å²) in [5.74, 6) is 1.98. The Hall–Kier alpha value is -7.79. The monoisotopic (exact) mass is 833 g/mol. The fourth-order valence-corrected chi connectivity index (χ4v) is 11.6. The number of aromatic nitrogens is 3. The molecule has 0 N–H and O–H groups in total. The minimum Gasteiger partial charge on any atom is -0.208 e. The van der Waals surface area contributed by atoms with Crippen LogP contribution in [0, 0.1) is 0 Å². The van der Waals surface area contributed by atoms with Gasteiger partial charge in [0.2, 0.25) is 0 Å². The smallest absolute Gasteiger partial charge is 0.164 e. The van der Waals surface area contributed by atoms with E-state index in [9.17, 15) is 0 Å². The number of thiophene rings is 1. The lowest BCUT2D eigenvalue weighted by Crippen LogP contribution is -2.14. The second-order valence-electron chi connectivity index (χ2n) is 17.5. The third kappa shape index (κ3) is 5.62. The molecule has 0 unspecified atom stereocenters. The number of fused-ring (bicyclic) bond motifs is 12. The maximum Gasteiger partial charge on any atom is 0.164 e. The van der Waals surface area contributed by atoms with Gasteiger partial charge in [-0.1, -0.05) is 184 Å². The van der Waals surface area contributed by atoms with Gasteiger partial charge in [0.1, 0.15) is 0 Å². The van der Waals surface area contributed by atoms with Gasteiger partial charge < -0.3 is 0 Å². The molecule has 0 amide bonds. The van der Waals surface area contributed by atoms with E-state index in [1.54, 1.807) is 0 Å². The van der Waals surface area contributed by atoms with Crippen LogP contribution in [0.2, 0.25) is 0 Å². The van der Waals surface area contributed by atoms with Crippen LogP contribution in [0.15, 0.2) is 200 Å². The molecule has 0 aliphatic heterocycles. The number of benzene rings is 10. The van der Waals surface area contributed by atoms with Crippen LogP contribution in [0.5, 0.6) is 0 Å². The molecular formula is C60H39N3S. The summed E-state index contributed by atoms with van der Waals surface area (Å²) in [5.41, 5.74) is 12.6. The highest BCUT2D eigenvalue weighted by atomic mass is 32.1. The maximum atomic E-state index is 5.32. The molecule has 0 atom stereocenters. The fourth-order valence-electron chi connectivity index (χ4n) is 10.4.